The summed E-state index contributed by atoms with van der Waals surface area (Å²) < 4.78 is 4.99. The predicted octanol–water partition coefficient (Wildman–Crippen LogP) is 1.44. The van der Waals surface area contributed by atoms with E-state index >= 15 is 0 Å². The van der Waals surface area contributed by atoms with Crippen molar-refractivity contribution in [2.45, 2.75) is 25.6 Å². The van der Waals surface area contributed by atoms with Gasteiger partial charge >= 0.3 is 11.9 Å². The molecule has 0 spiro atoms. The summed E-state index contributed by atoms with van der Waals surface area (Å²) in [6.07, 6.45) is -0.0937. The first-order valence-electron chi connectivity index (χ1n) is 6.19. The first kappa shape index (κ1) is 14.1. The number of carboxylic acid groups (broad SMARTS) is 1. The first-order chi connectivity index (χ1) is 9.58. The minimum Gasteiger partial charge on any atom is -0.481 e. The van der Waals surface area contributed by atoms with Gasteiger partial charge in [-0.05, 0) is 12.5 Å². The fourth-order valence-electron chi connectivity index (χ4n) is 1.87. The van der Waals surface area contributed by atoms with Gasteiger partial charge in [-0.25, -0.2) is 4.79 Å². The number of rotatable bonds is 6. The molecule has 1 heterocycles. The number of hydrogen-bond acceptors (Lipinski definition) is 4. The molecule has 1 aromatic heterocycles. The van der Waals surface area contributed by atoms with Crippen molar-refractivity contribution in [3.63, 3.8) is 0 Å². The summed E-state index contributed by atoms with van der Waals surface area (Å²) in [7, 11) is 0. The van der Waals surface area contributed by atoms with Crippen LogP contribution in [0.5, 0.6) is 0 Å². The van der Waals surface area contributed by atoms with Gasteiger partial charge in [-0.3, -0.25) is 4.79 Å². The molecule has 20 heavy (non-hydrogen) atoms. The highest BCUT2D eigenvalue weighted by atomic mass is 16.5. The summed E-state index contributed by atoms with van der Waals surface area (Å²) in [6.45, 7) is 0.0347. The standard InChI is InChI=1S/C14H15NO5/c16-12(5-6-13(17)18)14(19)20-8-9-7-15-11-4-2-1-3-10(9)11/h1-4,7,12,15-16H,5-6,8H2,(H,17,18). The van der Waals surface area contributed by atoms with Crippen LogP contribution in [0.4, 0.5) is 0 Å². The Kier molecular flexibility index (Phi) is 4.37. The number of fused-ring (bicyclic) bond motifs is 1. The Morgan fingerprint density at radius 2 is 2.05 bits per heavy atom. The fraction of sp³-hybridized carbons (Fsp3) is 0.286. The third-order valence-corrected chi connectivity index (χ3v) is 2.95. The molecular weight excluding hydrogens is 262 g/mol. The van der Waals surface area contributed by atoms with Crippen molar-refractivity contribution in [3.8, 4) is 0 Å². The van der Waals surface area contributed by atoms with E-state index in [-0.39, 0.29) is 19.4 Å². The van der Waals surface area contributed by atoms with Crippen LogP contribution in [-0.4, -0.2) is 33.2 Å². The largest absolute Gasteiger partial charge is 0.481 e. The summed E-state index contributed by atoms with van der Waals surface area (Å²) in [4.78, 5) is 24.9. The summed E-state index contributed by atoms with van der Waals surface area (Å²) in [6, 6.07) is 7.58. The molecule has 0 bridgehead atoms. The van der Waals surface area contributed by atoms with Crippen LogP contribution < -0.4 is 0 Å². The molecule has 0 aliphatic rings. The highest BCUT2D eigenvalue weighted by molar-refractivity contribution is 5.83. The maximum absolute atomic E-state index is 11.5. The van der Waals surface area contributed by atoms with Gasteiger partial charge in [0.1, 0.15) is 6.61 Å². The molecule has 1 unspecified atom stereocenters. The number of carboxylic acids is 1. The summed E-state index contributed by atoms with van der Waals surface area (Å²) in [5, 5.41) is 18.9. The summed E-state index contributed by atoms with van der Waals surface area (Å²) in [5.41, 5.74) is 1.74. The van der Waals surface area contributed by atoms with Gasteiger partial charge in [0.05, 0.1) is 0 Å². The number of aliphatic hydroxyl groups excluding tert-OH is 1. The van der Waals surface area contributed by atoms with Gasteiger partial charge in [0.2, 0.25) is 0 Å². The lowest BCUT2D eigenvalue weighted by atomic mass is 10.2. The van der Waals surface area contributed by atoms with E-state index in [4.69, 9.17) is 9.84 Å². The average molecular weight is 277 g/mol. The van der Waals surface area contributed by atoms with E-state index in [0.717, 1.165) is 16.5 Å². The number of aromatic nitrogens is 1. The predicted molar refractivity (Wildman–Crippen MR) is 71.0 cm³/mol. The maximum Gasteiger partial charge on any atom is 0.335 e. The quantitative estimate of drug-likeness (QED) is 0.694. The summed E-state index contributed by atoms with van der Waals surface area (Å²) in [5.74, 6) is -1.87. The number of carbonyl (C=O) groups excluding carboxylic acids is 1. The molecule has 0 radical (unpaired) electrons. The molecule has 2 aromatic rings. The van der Waals surface area contributed by atoms with E-state index in [1.165, 1.54) is 0 Å². The number of hydrogen-bond donors (Lipinski definition) is 3. The Bertz CT molecular complexity index is 619. The Balaban J connectivity index is 1.91. The van der Waals surface area contributed by atoms with Crippen LogP contribution in [0.1, 0.15) is 18.4 Å². The number of aliphatic hydroxyl groups is 1. The molecule has 1 aromatic carbocycles. The second kappa shape index (κ2) is 6.21. The van der Waals surface area contributed by atoms with Gasteiger partial charge in [0.15, 0.2) is 6.10 Å². The SMILES string of the molecule is O=C(O)CCC(O)C(=O)OCc1c[nH]c2ccccc12. The van der Waals surface area contributed by atoms with Crippen LogP contribution in [0, 0.1) is 0 Å². The molecular formula is C14H15NO5. The number of para-hydroxylation sites is 1. The Morgan fingerprint density at radius 1 is 1.30 bits per heavy atom. The van der Waals surface area contributed by atoms with E-state index in [1.54, 1.807) is 6.20 Å². The van der Waals surface area contributed by atoms with Crippen LogP contribution in [0.15, 0.2) is 30.5 Å². The number of esters is 1. The minimum absolute atomic E-state index is 0.0347. The second-order valence-corrected chi connectivity index (χ2v) is 4.42. The lowest BCUT2D eigenvalue weighted by molar-refractivity contribution is -0.155. The average Bonchev–Trinajstić information content (AvgIpc) is 2.85. The van der Waals surface area contributed by atoms with E-state index in [1.807, 2.05) is 24.3 Å². The Morgan fingerprint density at radius 3 is 2.80 bits per heavy atom. The lowest BCUT2D eigenvalue weighted by Crippen LogP contribution is -2.23. The van der Waals surface area contributed by atoms with Crippen molar-refractivity contribution < 1.29 is 24.5 Å². The molecule has 106 valence electrons. The monoisotopic (exact) mass is 277 g/mol. The second-order valence-electron chi connectivity index (χ2n) is 4.42. The van der Waals surface area contributed by atoms with E-state index < -0.39 is 18.0 Å². The molecule has 0 fully saturated rings. The lowest BCUT2D eigenvalue weighted by Gasteiger charge is -2.09. The van der Waals surface area contributed by atoms with Gasteiger partial charge in [-0.15, -0.1) is 0 Å². The minimum atomic E-state index is -1.41. The highest BCUT2D eigenvalue weighted by Crippen LogP contribution is 2.18. The molecule has 3 N–H and O–H groups in total. The van der Waals surface area contributed by atoms with Gasteiger partial charge < -0.3 is 19.9 Å². The third kappa shape index (κ3) is 3.36. The molecule has 1 atom stereocenters. The molecule has 0 saturated carbocycles. The number of ether oxygens (including phenoxy) is 1. The molecule has 0 saturated heterocycles. The van der Waals surface area contributed by atoms with Crippen LogP contribution in [0.25, 0.3) is 10.9 Å². The Labute approximate surface area is 115 Å². The molecule has 6 nitrogen and oxygen atoms in total. The van der Waals surface area contributed by atoms with Crippen molar-refractivity contribution in [1.29, 1.82) is 0 Å². The number of carbonyl (C=O) groups is 2. The fourth-order valence-corrected chi connectivity index (χ4v) is 1.87. The number of aromatic amines is 1. The van der Waals surface area contributed by atoms with Crippen molar-refractivity contribution >= 4 is 22.8 Å². The zero-order valence-corrected chi connectivity index (χ0v) is 10.7. The molecule has 6 heteroatoms. The number of nitrogens with one attached hydrogen (secondary N) is 1. The number of H-pyrrole nitrogens is 1. The Hall–Kier alpha value is -2.34. The molecule has 0 amide bonds. The van der Waals surface area contributed by atoms with Crippen LogP contribution in [0.3, 0.4) is 0 Å². The van der Waals surface area contributed by atoms with Crippen molar-refractivity contribution in [1.82, 2.24) is 4.98 Å². The van der Waals surface area contributed by atoms with E-state index in [0.29, 0.717) is 0 Å². The van der Waals surface area contributed by atoms with Crippen molar-refractivity contribution in [2.24, 2.45) is 0 Å². The third-order valence-electron chi connectivity index (χ3n) is 2.95. The smallest absolute Gasteiger partial charge is 0.335 e. The van der Waals surface area contributed by atoms with Crippen LogP contribution in [0.2, 0.25) is 0 Å². The molecule has 0 aliphatic heterocycles. The molecule has 0 aliphatic carbocycles. The van der Waals surface area contributed by atoms with Crippen molar-refractivity contribution in [3.05, 3.63) is 36.0 Å². The van der Waals surface area contributed by atoms with Gasteiger partial charge in [0, 0.05) is 29.1 Å². The zero-order chi connectivity index (χ0) is 14.5. The summed E-state index contributed by atoms with van der Waals surface area (Å²) >= 11 is 0. The van der Waals surface area contributed by atoms with E-state index in [2.05, 4.69) is 4.98 Å². The van der Waals surface area contributed by atoms with Crippen LogP contribution in [-0.2, 0) is 20.9 Å². The zero-order valence-electron chi connectivity index (χ0n) is 10.7. The molecule has 2 rings (SSSR count). The van der Waals surface area contributed by atoms with Gasteiger partial charge in [-0.1, -0.05) is 18.2 Å². The number of benzene rings is 1. The normalized spacial score (nSPS) is 12.2. The van der Waals surface area contributed by atoms with Gasteiger partial charge in [-0.2, -0.15) is 0 Å². The first-order valence-corrected chi connectivity index (χ1v) is 6.19. The van der Waals surface area contributed by atoms with Crippen molar-refractivity contribution in [2.75, 3.05) is 0 Å². The van der Waals surface area contributed by atoms with Crippen LogP contribution >= 0.6 is 0 Å². The van der Waals surface area contributed by atoms with E-state index in [9.17, 15) is 14.7 Å². The maximum atomic E-state index is 11.5. The van der Waals surface area contributed by atoms with Gasteiger partial charge in [0.25, 0.3) is 0 Å². The number of aliphatic carboxylic acids is 1. The highest BCUT2D eigenvalue weighted by Gasteiger charge is 2.18. The topological polar surface area (TPSA) is 99.6 Å².